The zero-order chi connectivity index (χ0) is 9.68. The van der Waals surface area contributed by atoms with Crippen molar-refractivity contribution in [2.75, 3.05) is 39.3 Å². The molecule has 0 radical (unpaired) electrons. The van der Waals surface area contributed by atoms with Gasteiger partial charge in [0.05, 0.1) is 6.54 Å². The first-order valence-corrected chi connectivity index (χ1v) is 4.32. The van der Waals surface area contributed by atoms with E-state index in [1.807, 2.05) is 0 Å². The molecule has 0 aromatic carbocycles. The molecule has 1 amide bonds. The molecule has 1 saturated heterocycles. The average Bonchev–Trinajstić information content (AvgIpc) is 2.18. The van der Waals surface area contributed by atoms with Crippen LogP contribution in [0.2, 0.25) is 0 Å². The first-order chi connectivity index (χ1) is 6.27. The minimum atomic E-state index is -0.394. The molecule has 4 heteroatoms. The van der Waals surface area contributed by atoms with Crippen molar-refractivity contribution in [1.82, 2.24) is 9.80 Å². The Kier molecular flexibility index (Phi) is 3.74. The number of carbonyl (C=O) groups is 1. The van der Waals surface area contributed by atoms with Crippen molar-refractivity contribution >= 4 is 5.91 Å². The maximum atomic E-state index is 11.0. The van der Waals surface area contributed by atoms with Gasteiger partial charge in [-0.1, -0.05) is 5.92 Å². The Morgan fingerprint density at radius 2 is 2.00 bits per heavy atom. The summed E-state index contributed by atoms with van der Waals surface area (Å²) in [5, 5.41) is 8.62. The van der Waals surface area contributed by atoms with Crippen LogP contribution in [0.1, 0.15) is 0 Å². The van der Waals surface area contributed by atoms with Gasteiger partial charge in [-0.25, -0.2) is 0 Å². The normalized spacial score (nSPS) is 18.3. The highest BCUT2D eigenvalue weighted by atomic mass is 16.3. The van der Waals surface area contributed by atoms with Gasteiger partial charge in [-0.2, -0.15) is 0 Å². The van der Waals surface area contributed by atoms with E-state index in [9.17, 15) is 4.79 Å². The summed E-state index contributed by atoms with van der Waals surface area (Å²) in [5.41, 5.74) is 0. The van der Waals surface area contributed by atoms with E-state index in [2.05, 4.69) is 10.8 Å². The molecule has 4 nitrogen and oxygen atoms in total. The third-order valence-corrected chi connectivity index (χ3v) is 2.18. The van der Waals surface area contributed by atoms with E-state index < -0.39 is 6.61 Å². The van der Waals surface area contributed by atoms with Crippen LogP contribution in [0.5, 0.6) is 0 Å². The number of aliphatic hydroxyl groups excluding tert-OH is 1. The van der Waals surface area contributed by atoms with Gasteiger partial charge < -0.3 is 10.0 Å². The van der Waals surface area contributed by atoms with Gasteiger partial charge in [0.15, 0.2) is 0 Å². The molecule has 0 spiro atoms. The van der Waals surface area contributed by atoms with Crippen LogP contribution in [0.15, 0.2) is 0 Å². The highest BCUT2D eigenvalue weighted by molar-refractivity contribution is 5.77. The van der Waals surface area contributed by atoms with E-state index in [4.69, 9.17) is 11.5 Å². The second-order valence-electron chi connectivity index (χ2n) is 3.02. The van der Waals surface area contributed by atoms with Gasteiger partial charge in [0, 0.05) is 26.2 Å². The molecular weight excluding hydrogens is 168 g/mol. The van der Waals surface area contributed by atoms with Crippen LogP contribution in [0.4, 0.5) is 0 Å². The average molecular weight is 182 g/mol. The lowest BCUT2D eigenvalue weighted by atomic mass is 10.3. The van der Waals surface area contributed by atoms with Crippen molar-refractivity contribution in [3.05, 3.63) is 0 Å². The standard InChI is InChI=1S/C9H14N2O2/c1-2-3-10-4-6-11(7-5-10)9(13)8-12/h1,12H,3-8H2. The Morgan fingerprint density at radius 3 is 2.46 bits per heavy atom. The summed E-state index contributed by atoms with van der Waals surface area (Å²) in [5.74, 6) is 2.37. The lowest BCUT2D eigenvalue weighted by molar-refractivity contribution is -0.135. The molecule has 1 rings (SSSR count). The molecule has 1 heterocycles. The van der Waals surface area contributed by atoms with Crippen LogP contribution in [0, 0.1) is 12.3 Å². The summed E-state index contributed by atoms with van der Waals surface area (Å²) >= 11 is 0. The highest BCUT2D eigenvalue weighted by Crippen LogP contribution is 2.00. The number of amides is 1. The Bertz CT molecular complexity index is 214. The van der Waals surface area contributed by atoms with Gasteiger partial charge in [0.1, 0.15) is 6.61 Å². The first-order valence-electron chi connectivity index (χ1n) is 4.32. The summed E-state index contributed by atoms with van der Waals surface area (Å²) < 4.78 is 0. The molecular formula is C9H14N2O2. The molecule has 0 aromatic rings. The Balaban J connectivity index is 2.31. The van der Waals surface area contributed by atoms with E-state index in [1.165, 1.54) is 0 Å². The Morgan fingerprint density at radius 1 is 1.38 bits per heavy atom. The van der Waals surface area contributed by atoms with E-state index >= 15 is 0 Å². The molecule has 0 saturated carbocycles. The van der Waals surface area contributed by atoms with E-state index in [1.54, 1.807) is 4.90 Å². The molecule has 1 fully saturated rings. The molecule has 72 valence electrons. The SMILES string of the molecule is C#CCN1CCN(C(=O)CO)CC1. The first kappa shape index (κ1) is 10.0. The maximum Gasteiger partial charge on any atom is 0.248 e. The van der Waals surface area contributed by atoms with Crippen LogP contribution in [-0.2, 0) is 4.79 Å². The summed E-state index contributed by atoms with van der Waals surface area (Å²) in [6.07, 6.45) is 5.17. The predicted molar refractivity (Wildman–Crippen MR) is 48.9 cm³/mol. The molecule has 0 aliphatic carbocycles. The van der Waals surface area contributed by atoms with E-state index in [0.29, 0.717) is 19.6 Å². The smallest absolute Gasteiger partial charge is 0.248 e. The van der Waals surface area contributed by atoms with Gasteiger partial charge >= 0.3 is 0 Å². The predicted octanol–water partition coefficient (Wildman–Crippen LogP) is -1.24. The number of carbonyl (C=O) groups excluding carboxylic acids is 1. The lowest BCUT2D eigenvalue weighted by Gasteiger charge is -2.33. The van der Waals surface area contributed by atoms with Crippen LogP contribution in [0.3, 0.4) is 0 Å². The third kappa shape index (κ3) is 2.72. The summed E-state index contributed by atoms with van der Waals surface area (Å²) in [7, 11) is 0. The molecule has 13 heavy (non-hydrogen) atoms. The number of nitrogens with zero attached hydrogens (tertiary/aromatic N) is 2. The zero-order valence-corrected chi connectivity index (χ0v) is 7.57. The van der Waals surface area contributed by atoms with Gasteiger partial charge in [0.2, 0.25) is 5.91 Å². The van der Waals surface area contributed by atoms with Crippen LogP contribution >= 0.6 is 0 Å². The minimum Gasteiger partial charge on any atom is -0.387 e. The zero-order valence-electron chi connectivity index (χ0n) is 7.57. The molecule has 0 bridgehead atoms. The number of hydrogen-bond acceptors (Lipinski definition) is 3. The molecule has 1 N–H and O–H groups in total. The fraction of sp³-hybridized carbons (Fsp3) is 0.667. The maximum absolute atomic E-state index is 11.0. The minimum absolute atomic E-state index is 0.194. The third-order valence-electron chi connectivity index (χ3n) is 2.18. The van der Waals surface area contributed by atoms with Gasteiger partial charge in [0.25, 0.3) is 0 Å². The fourth-order valence-electron chi connectivity index (χ4n) is 1.38. The number of rotatable bonds is 2. The van der Waals surface area contributed by atoms with Crippen LogP contribution in [-0.4, -0.2) is 60.1 Å². The van der Waals surface area contributed by atoms with Gasteiger partial charge in [-0.05, 0) is 0 Å². The van der Waals surface area contributed by atoms with Crippen molar-refractivity contribution in [3.8, 4) is 12.3 Å². The van der Waals surface area contributed by atoms with Crippen LogP contribution < -0.4 is 0 Å². The largest absolute Gasteiger partial charge is 0.387 e. The number of hydrogen-bond donors (Lipinski definition) is 1. The summed E-state index contributed by atoms with van der Waals surface area (Å²) in [6.45, 7) is 3.18. The second kappa shape index (κ2) is 4.85. The van der Waals surface area contributed by atoms with Crippen molar-refractivity contribution in [2.45, 2.75) is 0 Å². The van der Waals surface area contributed by atoms with Gasteiger partial charge in [-0.15, -0.1) is 6.42 Å². The summed E-state index contributed by atoms with van der Waals surface area (Å²) in [6, 6.07) is 0. The van der Waals surface area contributed by atoms with E-state index in [-0.39, 0.29) is 5.91 Å². The van der Waals surface area contributed by atoms with Crippen LogP contribution in [0.25, 0.3) is 0 Å². The molecule has 0 aromatic heterocycles. The molecule has 1 aliphatic rings. The lowest BCUT2D eigenvalue weighted by Crippen LogP contribution is -2.49. The van der Waals surface area contributed by atoms with Gasteiger partial charge in [-0.3, -0.25) is 9.69 Å². The number of terminal acetylenes is 1. The second-order valence-corrected chi connectivity index (χ2v) is 3.02. The fourth-order valence-corrected chi connectivity index (χ4v) is 1.38. The Labute approximate surface area is 78.1 Å². The number of piperazine rings is 1. The van der Waals surface area contributed by atoms with E-state index in [0.717, 1.165) is 13.1 Å². The van der Waals surface area contributed by atoms with Crippen molar-refractivity contribution in [2.24, 2.45) is 0 Å². The highest BCUT2D eigenvalue weighted by Gasteiger charge is 2.19. The Hall–Kier alpha value is -1.05. The monoisotopic (exact) mass is 182 g/mol. The quantitative estimate of drug-likeness (QED) is 0.543. The van der Waals surface area contributed by atoms with Crippen molar-refractivity contribution in [3.63, 3.8) is 0 Å². The summed E-state index contributed by atoms with van der Waals surface area (Å²) in [4.78, 5) is 14.8. The molecule has 0 unspecified atom stereocenters. The topological polar surface area (TPSA) is 43.8 Å². The van der Waals surface area contributed by atoms with Crippen molar-refractivity contribution < 1.29 is 9.90 Å². The molecule has 1 aliphatic heterocycles. The molecule has 0 atom stereocenters. The van der Waals surface area contributed by atoms with Crippen molar-refractivity contribution in [1.29, 1.82) is 0 Å². The number of aliphatic hydroxyl groups is 1.